The normalized spacial score (nSPS) is 11.2. The summed E-state index contributed by atoms with van der Waals surface area (Å²) in [7, 11) is -6.13. The summed E-state index contributed by atoms with van der Waals surface area (Å²) in [6, 6.07) is 97.0. The fourth-order valence-corrected chi connectivity index (χ4v) is 23.5. The first-order valence-electron chi connectivity index (χ1n) is 45.4. The number of aryl methyl sites for hydroxylation is 2. The van der Waals surface area contributed by atoms with Gasteiger partial charge >= 0.3 is 11.9 Å². The highest BCUT2D eigenvalue weighted by Gasteiger charge is 2.31. The van der Waals surface area contributed by atoms with Gasteiger partial charge in [0.05, 0.1) is 123 Å². The number of anilines is 2. The van der Waals surface area contributed by atoms with Crippen LogP contribution in [0.2, 0.25) is 15.1 Å². The molecule has 4 N–H and O–H groups in total. The minimum atomic E-state index is -4.20. The molecule has 15 aromatic carbocycles. The summed E-state index contributed by atoms with van der Waals surface area (Å²) in [6.45, 7) is 1.69. The quantitative estimate of drug-likeness (QED) is 0.0272. The maximum atomic E-state index is 13.4. The molecule has 0 saturated carbocycles. The second-order valence-electron chi connectivity index (χ2n) is 32.9. The number of carbonyl (C=O) groups excluding carboxylic acids is 1. The van der Waals surface area contributed by atoms with Crippen molar-refractivity contribution in [2.24, 2.45) is 14.1 Å². The molecule has 0 aliphatic rings. The van der Waals surface area contributed by atoms with Crippen LogP contribution in [0.5, 0.6) is 40.2 Å². The molecular weight excluding hydrogens is 2080 g/mol. The average Bonchev–Trinajstić information content (AvgIpc) is 0.876. The summed E-state index contributed by atoms with van der Waals surface area (Å²) >= 11 is 18.3. The van der Waals surface area contributed by atoms with E-state index in [-0.39, 0.29) is 115 Å². The van der Waals surface area contributed by atoms with Gasteiger partial charge in [0.2, 0.25) is 5.82 Å². The van der Waals surface area contributed by atoms with E-state index in [4.69, 9.17) is 78.2 Å². The van der Waals surface area contributed by atoms with Crippen LogP contribution in [-0.4, -0.2) is 160 Å². The molecule has 0 spiro atoms. The fraction of sp³-hybridized carbons (Fsp3) is 0.136. The zero-order valence-corrected chi connectivity index (χ0v) is 88.5. The van der Waals surface area contributed by atoms with Gasteiger partial charge in [-0.15, -0.1) is 15.3 Å². The maximum absolute atomic E-state index is 13.4. The Morgan fingerprint density at radius 1 is 0.353 bits per heavy atom. The van der Waals surface area contributed by atoms with Crippen LogP contribution in [0, 0.1) is 0 Å². The first kappa shape index (κ1) is 111. The van der Waals surface area contributed by atoms with Gasteiger partial charge in [-0.05, 0) is 204 Å². The zero-order valence-electron chi connectivity index (χ0n) is 82.1. The van der Waals surface area contributed by atoms with Crippen molar-refractivity contribution in [1.29, 1.82) is 0 Å². The van der Waals surface area contributed by atoms with Crippen LogP contribution < -0.4 is 42.6 Å². The minimum absolute atomic E-state index is 0.00775. The summed E-state index contributed by atoms with van der Waals surface area (Å²) in [5.74, 6) is -0.385. The minimum Gasteiger partial charge on any atom is -0.496 e. The summed E-state index contributed by atoms with van der Waals surface area (Å²) in [4.78, 5) is 35.6. The van der Waals surface area contributed by atoms with E-state index >= 15 is 0 Å². The number of aromatic nitrogens is 8. The number of nitrogens with one attached hydrogen (secondary N) is 2. The molecule has 40 heteroatoms. The largest absolute Gasteiger partial charge is 0.496 e. The summed E-state index contributed by atoms with van der Waals surface area (Å²) < 4.78 is 176. The molecule has 772 valence electrons. The molecule has 0 radical (unpaired) electrons. The second kappa shape index (κ2) is 50.0. The van der Waals surface area contributed by atoms with Crippen molar-refractivity contribution in [2.75, 3.05) is 59.2 Å². The van der Waals surface area contributed by atoms with Crippen LogP contribution in [0.15, 0.2) is 358 Å². The number of methoxy groups -OCH3 is 7. The van der Waals surface area contributed by atoms with Gasteiger partial charge in [0.1, 0.15) is 49.2 Å². The van der Waals surface area contributed by atoms with Gasteiger partial charge < -0.3 is 43.4 Å². The van der Waals surface area contributed by atoms with Crippen molar-refractivity contribution < 1.29 is 99.8 Å². The number of sulfone groups is 3. The van der Waals surface area contributed by atoms with Crippen LogP contribution in [-0.2, 0) is 92.1 Å². The number of ether oxygens (including phenoxy) is 7. The first-order valence-corrected chi connectivity index (χ1v) is 54.4. The molecule has 150 heavy (non-hydrogen) atoms. The monoisotopic (exact) mass is 2180 g/mol. The number of Topliss-reactive ketones (excluding diaryl/α,β-unsaturated/α-hetero) is 1. The molecule has 0 aliphatic heterocycles. The van der Waals surface area contributed by atoms with Crippen molar-refractivity contribution in [3.05, 3.63) is 382 Å². The molecule has 17 aromatic rings. The van der Waals surface area contributed by atoms with Crippen LogP contribution in [0.3, 0.4) is 0 Å². The van der Waals surface area contributed by atoms with Gasteiger partial charge in [-0.25, -0.2) is 51.6 Å². The lowest BCUT2D eigenvalue weighted by Crippen LogP contribution is -2.16. The standard InChI is InChI=1S/C24H23ClO5S.C22H20ClNO6S.2C22H20N4O3S.C20H16ClNO5S/c1-4-21(26)20-13-19(25)14-23(24(20)30-3)31(27,28)15-18-12-17(10-11-22(18)29-2)16-8-6-5-7-9-16;1-29-19-9-8-16(15-6-4-3-5-7-15)13-18(19)24-31(27,28)20-11-14(12-21(25)26)10-17(23)22(20)30-2;1-26-22(23-24-25-26)18-9-6-10-20(14-18)30(27,28)15-19-13-17(11-12-21(19)29-2)16-7-4-3-5-8-16;1-26-24-22(23-25-26)18-9-6-10-20(14-18)30(27,28)15-19-13-17(11-12-21(19)29-2)16-7-4-3-5-8-16;1-27-18-10-8-14(13-5-3-2-4-6-13)11-17(18)22-28(25,26)19-12-15(20(23)24)7-9-16(19)21/h5-14H,4,15H2,1-3H3;3-11,13,24H,12H2,1-2H3,(H,25,26);2*3-14H,15H2,1-2H3;2-12,22H,1H3,(H,23,24). The summed E-state index contributed by atoms with van der Waals surface area (Å²) in [5.41, 5.74) is 12.6. The number of rotatable bonds is 34. The van der Waals surface area contributed by atoms with E-state index in [0.717, 1.165) is 61.7 Å². The number of halogens is 3. The Balaban J connectivity index is 0.000000156. The molecule has 0 amide bonds. The number of aromatic carboxylic acids is 1. The van der Waals surface area contributed by atoms with Crippen molar-refractivity contribution in [2.45, 2.75) is 61.5 Å². The smallest absolute Gasteiger partial charge is 0.335 e. The van der Waals surface area contributed by atoms with Crippen LogP contribution in [0.4, 0.5) is 11.4 Å². The Kier molecular flexibility index (Phi) is 37.1. The van der Waals surface area contributed by atoms with Crippen molar-refractivity contribution >= 4 is 113 Å². The van der Waals surface area contributed by atoms with Crippen LogP contribution >= 0.6 is 34.8 Å². The number of hydrogen-bond acceptors (Lipinski definition) is 26. The topological polar surface area (TPSA) is 438 Å². The summed E-state index contributed by atoms with van der Waals surface area (Å²) in [5, 5.41) is 41.5. The highest BCUT2D eigenvalue weighted by atomic mass is 35.5. The van der Waals surface area contributed by atoms with Gasteiger partial charge in [0.25, 0.3) is 20.0 Å². The van der Waals surface area contributed by atoms with E-state index in [1.54, 1.807) is 118 Å². The van der Waals surface area contributed by atoms with Crippen molar-refractivity contribution in [3.8, 4) is 119 Å². The number of sulfonamides is 2. The fourth-order valence-electron chi connectivity index (χ4n) is 15.6. The Morgan fingerprint density at radius 2 is 0.747 bits per heavy atom. The van der Waals surface area contributed by atoms with Gasteiger partial charge in [0, 0.05) is 46.3 Å². The molecule has 0 fully saturated rings. The van der Waals surface area contributed by atoms with Gasteiger partial charge in [-0.2, -0.15) is 4.80 Å². The molecule has 17 rings (SSSR count). The number of tetrazole rings is 2. The lowest BCUT2D eigenvalue weighted by molar-refractivity contribution is -0.136. The predicted molar refractivity (Wildman–Crippen MR) is 575 cm³/mol. The maximum Gasteiger partial charge on any atom is 0.335 e. The Hall–Kier alpha value is -16.1. The number of ketones is 1. The van der Waals surface area contributed by atoms with Gasteiger partial charge in [0.15, 0.2) is 46.9 Å². The SMILES string of the molecule is CCC(=O)c1cc(Cl)cc(S(=O)(=O)Cc2cc(-c3ccccc3)ccc2OC)c1OC.COc1ccc(-c2ccccc2)cc1CS(=O)(=O)c1cccc(-c2nnn(C)n2)c1.COc1ccc(-c2ccccc2)cc1CS(=O)(=O)c1cccc(-c2nnnn2C)c1.COc1ccc(-c2ccccc2)cc1NS(=O)(=O)c1cc(C(=O)O)ccc1Cl.COc1ccc(-c2ccccc2)cc1NS(=O)(=O)c1cc(CC(=O)O)cc(Cl)c1OC. The molecule has 0 bridgehead atoms. The van der Waals surface area contributed by atoms with E-state index in [1.165, 1.54) is 95.6 Å². The average molecular weight is 2180 g/mol. The lowest BCUT2D eigenvalue weighted by Gasteiger charge is -2.16. The molecule has 0 aliphatic carbocycles. The Morgan fingerprint density at radius 3 is 1.13 bits per heavy atom. The van der Waals surface area contributed by atoms with E-state index in [2.05, 4.69) is 40.4 Å². The number of aliphatic carboxylic acids is 1. The van der Waals surface area contributed by atoms with E-state index < -0.39 is 61.5 Å². The van der Waals surface area contributed by atoms with Crippen LogP contribution in [0.25, 0.3) is 78.4 Å². The Labute approximate surface area is 882 Å². The van der Waals surface area contributed by atoms with Crippen molar-refractivity contribution in [3.63, 3.8) is 0 Å². The number of hydrogen-bond donors (Lipinski definition) is 4. The number of carboxylic acids is 2. The molecule has 2 aromatic heterocycles. The second-order valence-corrected chi connectivity index (χ2v) is 43.4. The van der Waals surface area contributed by atoms with Gasteiger partial charge in [-0.1, -0.05) is 248 Å². The molecule has 0 unspecified atom stereocenters. The van der Waals surface area contributed by atoms with E-state index in [1.807, 2.05) is 194 Å². The third kappa shape index (κ3) is 28.0. The highest BCUT2D eigenvalue weighted by Crippen LogP contribution is 2.43. The van der Waals surface area contributed by atoms with Crippen molar-refractivity contribution in [1.82, 2.24) is 40.4 Å². The van der Waals surface area contributed by atoms with Gasteiger partial charge in [-0.3, -0.25) is 19.0 Å². The molecule has 0 saturated heterocycles. The molecule has 32 nitrogen and oxygen atoms in total. The lowest BCUT2D eigenvalue weighted by atomic mass is 10.0. The van der Waals surface area contributed by atoms with Crippen LogP contribution in [0.1, 0.15) is 56.3 Å². The predicted octanol–water partition coefficient (Wildman–Crippen LogP) is 21.6. The molecule has 2 heterocycles. The zero-order chi connectivity index (χ0) is 108. The highest BCUT2D eigenvalue weighted by molar-refractivity contribution is 7.93. The first-order chi connectivity index (χ1) is 71.8. The number of benzene rings is 15. The van der Waals surface area contributed by atoms with E-state index in [9.17, 15) is 56.5 Å². The molecular formula is C110H99Cl3N10O22S5. The number of carbonyl (C=O) groups is 3. The molecule has 0 atom stereocenters. The third-order valence-electron chi connectivity index (χ3n) is 22.9. The third-order valence-corrected chi connectivity index (χ3v) is 31.6. The summed E-state index contributed by atoms with van der Waals surface area (Å²) in [6.07, 6.45) is -0.192. The Bertz CT molecular complexity index is 8380. The number of carboxylic acid groups (broad SMARTS) is 2. The number of nitrogens with zero attached hydrogens (tertiary/aromatic N) is 8. The van der Waals surface area contributed by atoms with E-state index in [0.29, 0.717) is 68.2 Å².